The fourth-order valence-corrected chi connectivity index (χ4v) is 4.46. The monoisotopic (exact) mass is 395 g/mol. The van der Waals surface area contributed by atoms with E-state index in [-0.39, 0.29) is 17.9 Å². The highest BCUT2D eigenvalue weighted by Gasteiger charge is 2.32. The Hall–Kier alpha value is -2.08. The molecule has 0 radical (unpaired) electrons. The predicted molar refractivity (Wildman–Crippen MR) is 117 cm³/mol. The largest absolute Gasteiger partial charge is 0.508 e. The van der Waals surface area contributed by atoms with E-state index < -0.39 is 0 Å². The number of nitrogens with zero attached hydrogens (tertiary/aromatic N) is 2. The highest BCUT2D eigenvalue weighted by molar-refractivity contribution is 5.52. The molecule has 0 aliphatic carbocycles. The first-order valence-corrected chi connectivity index (χ1v) is 10.7. The van der Waals surface area contributed by atoms with Crippen molar-refractivity contribution in [2.75, 3.05) is 31.1 Å². The Morgan fingerprint density at radius 2 is 1.76 bits per heavy atom. The minimum atomic E-state index is -0.125. The van der Waals surface area contributed by atoms with E-state index in [4.69, 9.17) is 0 Å². The third-order valence-electron chi connectivity index (χ3n) is 6.59. The average Bonchev–Trinajstić information content (AvgIpc) is 3.18. The number of anilines is 1. The molecule has 0 atom stereocenters. The summed E-state index contributed by atoms with van der Waals surface area (Å²) >= 11 is 0. The van der Waals surface area contributed by atoms with E-state index in [1.165, 1.54) is 16.8 Å². The number of nitrogens with one attached hydrogen (secondary N) is 1. The highest BCUT2D eigenvalue weighted by Crippen LogP contribution is 2.34. The van der Waals surface area contributed by atoms with Crippen LogP contribution in [0.25, 0.3) is 0 Å². The van der Waals surface area contributed by atoms with E-state index in [2.05, 4.69) is 47.2 Å². The van der Waals surface area contributed by atoms with Gasteiger partial charge in [0.2, 0.25) is 0 Å². The molecule has 2 aliphatic heterocycles. The standard InChI is InChI=1S/C24H33N3O2/c1-24(2,8-7-18-3-6-23(29)21(13-18)17-28)27-15-19-4-5-22(14-20(19)16-27)26-11-9-25-10-12-26/h3-6,13-14,25,28-29H,7-12,15-17H2,1-2H3. The normalized spacial score (nSPS) is 17.6. The zero-order valence-corrected chi connectivity index (χ0v) is 17.6. The van der Waals surface area contributed by atoms with Gasteiger partial charge in [-0.3, -0.25) is 4.90 Å². The van der Waals surface area contributed by atoms with Gasteiger partial charge in [-0.1, -0.05) is 12.1 Å². The van der Waals surface area contributed by atoms with Crippen molar-refractivity contribution in [2.45, 2.75) is 51.9 Å². The fraction of sp³-hybridized carbons (Fsp3) is 0.500. The number of fused-ring (bicyclic) bond motifs is 1. The third-order valence-corrected chi connectivity index (χ3v) is 6.59. The van der Waals surface area contributed by atoms with Gasteiger partial charge < -0.3 is 20.4 Å². The number of piperazine rings is 1. The van der Waals surface area contributed by atoms with E-state index in [1.807, 2.05) is 12.1 Å². The van der Waals surface area contributed by atoms with Gasteiger partial charge in [0.25, 0.3) is 0 Å². The predicted octanol–water partition coefficient (Wildman–Crippen LogP) is 3.02. The van der Waals surface area contributed by atoms with Crippen LogP contribution >= 0.6 is 0 Å². The van der Waals surface area contributed by atoms with Gasteiger partial charge in [-0.2, -0.15) is 0 Å². The van der Waals surface area contributed by atoms with Crippen LogP contribution in [0, 0.1) is 0 Å². The van der Waals surface area contributed by atoms with E-state index in [9.17, 15) is 10.2 Å². The molecule has 0 unspecified atom stereocenters. The number of hydrogen-bond acceptors (Lipinski definition) is 5. The van der Waals surface area contributed by atoms with Crippen molar-refractivity contribution in [3.63, 3.8) is 0 Å². The number of hydrogen-bond donors (Lipinski definition) is 3. The smallest absolute Gasteiger partial charge is 0.121 e. The lowest BCUT2D eigenvalue weighted by Crippen LogP contribution is -2.43. The molecular formula is C24H33N3O2. The van der Waals surface area contributed by atoms with Crippen molar-refractivity contribution in [3.8, 4) is 5.75 Å². The minimum absolute atomic E-state index is 0.0749. The van der Waals surface area contributed by atoms with Crippen molar-refractivity contribution >= 4 is 5.69 Å². The van der Waals surface area contributed by atoms with Gasteiger partial charge in [-0.25, -0.2) is 0 Å². The van der Waals surface area contributed by atoms with Gasteiger partial charge in [-0.15, -0.1) is 0 Å². The van der Waals surface area contributed by atoms with Crippen LogP contribution in [0.3, 0.4) is 0 Å². The van der Waals surface area contributed by atoms with Crippen molar-refractivity contribution in [1.82, 2.24) is 10.2 Å². The molecule has 29 heavy (non-hydrogen) atoms. The summed E-state index contributed by atoms with van der Waals surface area (Å²) in [6.07, 6.45) is 1.96. The topological polar surface area (TPSA) is 59.0 Å². The summed E-state index contributed by atoms with van der Waals surface area (Å²) in [5.74, 6) is 0.172. The van der Waals surface area contributed by atoms with Gasteiger partial charge in [0.15, 0.2) is 0 Å². The lowest BCUT2D eigenvalue weighted by atomic mass is 9.93. The summed E-state index contributed by atoms with van der Waals surface area (Å²) in [7, 11) is 0. The number of aliphatic hydroxyl groups is 1. The molecule has 156 valence electrons. The first kappa shape index (κ1) is 20.2. The second kappa shape index (κ2) is 8.34. The zero-order chi connectivity index (χ0) is 20.4. The summed E-state index contributed by atoms with van der Waals surface area (Å²) in [5, 5.41) is 22.6. The first-order valence-electron chi connectivity index (χ1n) is 10.7. The third kappa shape index (κ3) is 4.42. The molecule has 0 amide bonds. The van der Waals surface area contributed by atoms with E-state index in [0.29, 0.717) is 5.56 Å². The number of aliphatic hydroxyl groups excluding tert-OH is 1. The molecule has 2 aromatic carbocycles. The van der Waals surface area contributed by atoms with Crippen molar-refractivity contribution < 1.29 is 10.2 Å². The molecule has 3 N–H and O–H groups in total. The van der Waals surface area contributed by atoms with Gasteiger partial charge in [0.1, 0.15) is 5.75 Å². The Bertz CT molecular complexity index is 859. The molecule has 4 rings (SSSR count). The Labute approximate surface area is 174 Å². The molecule has 0 aromatic heterocycles. The lowest BCUT2D eigenvalue weighted by molar-refractivity contribution is 0.109. The molecule has 2 heterocycles. The quantitative estimate of drug-likeness (QED) is 0.702. The van der Waals surface area contributed by atoms with Gasteiger partial charge in [-0.05, 0) is 67.6 Å². The first-order chi connectivity index (χ1) is 14.0. The number of rotatable bonds is 6. The van der Waals surface area contributed by atoms with Crippen molar-refractivity contribution in [3.05, 3.63) is 58.7 Å². The summed E-state index contributed by atoms with van der Waals surface area (Å²) in [6, 6.07) is 12.6. The number of aromatic hydroxyl groups is 1. The summed E-state index contributed by atoms with van der Waals surface area (Å²) in [4.78, 5) is 5.06. The summed E-state index contributed by atoms with van der Waals surface area (Å²) < 4.78 is 0. The van der Waals surface area contributed by atoms with E-state index in [1.54, 1.807) is 6.07 Å². The molecule has 1 fully saturated rings. The Morgan fingerprint density at radius 1 is 1.00 bits per heavy atom. The van der Waals surface area contributed by atoms with E-state index in [0.717, 1.165) is 57.7 Å². The Morgan fingerprint density at radius 3 is 2.52 bits per heavy atom. The molecule has 0 spiro atoms. The summed E-state index contributed by atoms with van der Waals surface area (Å²) in [6.45, 7) is 10.8. The second-order valence-electron chi connectivity index (χ2n) is 8.98. The molecule has 5 heteroatoms. The molecule has 5 nitrogen and oxygen atoms in total. The minimum Gasteiger partial charge on any atom is -0.508 e. The molecular weight excluding hydrogens is 362 g/mol. The van der Waals surface area contributed by atoms with Crippen LogP contribution in [0.1, 0.15) is 42.5 Å². The van der Waals surface area contributed by atoms with Gasteiger partial charge >= 0.3 is 0 Å². The SMILES string of the molecule is CC(C)(CCc1ccc(O)c(CO)c1)N1Cc2ccc(N3CCNCC3)cc2C1. The van der Waals surface area contributed by atoms with Crippen LogP contribution in [0.4, 0.5) is 5.69 Å². The van der Waals surface area contributed by atoms with Gasteiger partial charge in [0.05, 0.1) is 6.61 Å². The van der Waals surface area contributed by atoms with Crippen LogP contribution in [0.5, 0.6) is 5.75 Å². The molecule has 0 saturated carbocycles. The van der Waals surface area contributed by atoms with Crippen LogP contribution < -0.4 is 10.2 Å². The summed E-state index contributed by atoms with van der Waals surface area (Å²) in [5.41, 5.74) is 6.11. The zero-order valence-electron chi connectivity index (χ0n) is 17.6. The number of aryl methyl sites for hydroxylation is 1. The number of benzene rings is 2. The molecule has 1 saturated heterocycles. The maximum atomic E-state index is 9.78. The van der Waals surface area contributed by atoms with Crippen molar-refractivity contribution in [2.24, 2.45) is 0 Å². The van der Waals surface area contributed by atoms with Crippen LogP contribution in [0.2, 0.25) is 0 Å². The maximum Gasteiger partial charge on any atom is 0.121 e. The molecule has 0 bridgehead atoms. The Balaban J connectivity index is 1.41. The fourth-order valence-electron chi connectivity index (χ4n) is 4.46. The van der Waals surface area contributed by atoms with Gasteiger partial charge in [0, 0.05) is 56.1 Å². The van der Waals surface area contributed by atoms with Crippen LogP contribution in [-0.4, -0.2) is 46.8 Å². The van der Waals surface area contributed by atoms with Crippen molar-refractivity contribution in [1.29, 1.82) is 0 Å². The highest BCUT2D eigenvalue weighted by atomic mass is 16.3. The Kier molecular flexibility index (Phi) is 5.81. The van der Waals surface area contributed by atoms with Crippen LogP contribution in [0.15, 0.2) is 36.4 Å². The average molecular weight is 396 g/mol. The number of phenols is 1. The molecule has 2 aliphatic rings. The van der Waals surface area contributed by atoms with E-state index >= 15 is 0 Å². The second-order valence-corrected chi connectivity index (χ2v) is 8.98. The lowest BCUT2D eigenvalue weighted by Gasteiger charge is -2.35. The maximum absolute atomic E-state index is 9.78. The van der Waals surface area contributed by atoms with Crippen LogP contribution in [-0.2, 0) is 26.1 Å². The molecule has 2 aromatic rings.